The molecule has 0 unspecified atom stereocenters. The summed E-state index contributed by atoms with van der Waals surface area (Å²) in [6.07, 6.45) is 2.63. The maximum Gasteiger partial charge on any atom is 0.273 e. The van der Waals surface area contributed by atoms with Gasteiger partial charge in [0.25, 0.3) is 5.56 Å². The molecule has 4 nitrogen and oxygen atoms in total. The number of fused-ring (bicyclic) bond motifs is 1. The highest BCUT2D eigenvalue weighted by Crippen LogP contribution is 2.09. The van der Waals surface area contributed by atoms with Crippen molar-refractivity contribution in [3.8, 4) is 5.69 Å². The molecule has 0 amide bonds. The van der Waals surface area contributed by atoms with E-state index in [9.17, 15) is 4.79 Å². The van der Waals surface area contributed by atoms with Crippen molar-refractivity contribution in [2.45, 2.75) is 13.3 Å². The van der Waals surface area contributed by atoms with Gasteiger partial charge in [-0.25, -0.2) is 4.98 Å². The third kappa shape index (κ3) is 1.62. The summed E-state index contributed by atoms with van der Waals surface area (Å²) < 4.78 is 3.39. The van der Waals surface area contributed by atoms with Crippen LogP contribution in [0.1, 0.15) is 12.6 Å². The molecule has 18 heavy (non-hydrogen) atoms. The number of benzene rings is 1. The molecular formula is C14H13N3O. The Bertz CT molecular complexity index is 741. The molecular weight excluding hydrogens is 226 g/mol. The van der Waals surface area contributed by atoms with Crippen LogP contribution in [0.15, 0.2) is 53.5 Å². The first-order valence-corrected chi connectivity index (χ1v) is 5.95. The Kier molecular flexibility index (Phi) is 2.48. The lowest BCUT2D eigenvalue weighted by Crippen LogP contribution is -2.20. The maximum atomic E-state index is 12.1. The van der Waals surface area contributed by atoms with Gasteiger partial charge in [-0.2, -0.15) is 4.52 Å². The van der Waals surface area contributed by atoms with Crippen LogP contribution in [0.25, 0.3) is 11.3 Å². The molecule has 0 aliphatic carbocycles. The van der Waals surface area contributed by atoms with E-state index in [1.165, 1.54) is 0 Å². The Morgan fingerprint density at radius 3 is 2.67 bits per heavy atom. The van der Waals surface area contributed by atoms with Gasteiger partial charge in [0, 0.05) is 24.0 Å². The molecule has 90 valence electrons. The number of aromatic nitrogens is 3. The van der Waals surface area contributed by atoms with Crippen molar-refractivity contribution in [2.75, 3.05) is 0 Å². The van der Waals surface area contributed by atoms with E-state index in [0.29, 0.717) is 5.65 Å². The second-order valence-electron chi connectivity index (χ2n) is 4.11. The van der Waals surface area contributed by atoms with Gasteiger partial charge in [-0.05, 0) is 18.6 Å². The quantitative estimate of drug-likeness (QED) is 0.686. The normalized spacial score (nSPS) is 10.9. The van der Waals surface area contributed by atoms with E-state index >= 15 is 0 Å². The maximum absolute atomic E-state index is 12.1. The second-order valence-corrected chi connectivity index (χ2v) is 4.11. The standard InChI is InChI=1S/C14H13N3O/c1-2-11-10-14(18)17-13(15-11)8-9-16(17)12-6-4-3-5-7-12/h3-10H,2H2,1H3. The van der Waals surface area contributed by atoms with Gasteiger partial charge in [0.05, 0.1) is 5.69 Å². The van der Waals surface area contributed by atoms with Gasteiger partial charge < -0.3 is 0 Å². The van der Waals surface area contributed by atoms with E-state index in [4.69, 9.17) is 0 Å². The summed E-state index contributed by atoms with van der Waals surface area (Å²) >= 11 is 0. The van der Waals surface area contributed by atoms with E-state index in [1.807, 2.05) is 54.2 Å². The minimum absolute atomic E-state index is 0.0503. The van der Waals surface area contributed by atoms with E-state index in [0.717, 1.165) is 17.8 Å². The van der Waals surface area contributed by atoms with E-state index < -0.39 is 0 Å². The fourth-order valence-electron chi connectivity index (χ4n) is 2.04. The van der Waals surface area contributed by atoms with Crippen molar-refractivity contribution >= 4 is 5.65 Å². The summed E-state index contributed by atoms with van der Waals surface area (Å²) in [6, 6.07) is 13.2. The zero-order chi connectivity index (χ0) is 12.5. The molecule has 0 spiro atoms. The van der Waals surface area contributed by atoms with Gasteiger partial charge in [-0.1, -0.05) is 25.1 Å². The molecule has 4 heteroatoms. The number of aryl methyl sites for hydroxylation is 1. The smallest absolute Gasteiger partial charge is 0.267 e. The summed E-state index contributed by atoms with van der Waals surface area (Å²) in [5.41, 5.74) is 2.40. The minimum Gasteiger partial charge on any atom is -0.267 e. The lowest BCUT2D eigenvalue weighted by Gasteiger charge is -2.06. The number of rotatable bonds is 2. The van der Waals surface area contributed by atoms with Crippen LogP contribution in [0.3, 0.4) is 0 Å². The molecule has 2 heterocycles. The van der Waals surface area contributed by atoms with Crippen molar-refractivity contribution in [3.05, 3.63) is 64.7 Å². The molecule has 0 radical (unpaired) electrons. The summed E-state index contributed by atoms with van der Waals surface area (Å²) in [5, 5.41) is 0. The fraction of sp³-hybridized carbons (Fsp3) is 0.143. The first-order valence-electron chi connectivity index (χ1n) is 5.95. The average molecular weight is 239 g/mol. The predicted octanol–water partition coefficient (Wildman–Crippen LogP) is 2.05. The highest BCUT2D eigenvalue weighted by Gasteiger charge is 2.06. The van der Waals surface area contributed by atoms with E-state index in [2.05, 4.69) is 4.98 Å². The summed E-state index contributed by atoms with van der Waals surface area (Å²) in [7, 11) is 0. The van der Waals surface area contributed by atoms with Crippen LogP contribution in [0, 0.1) is 0 Å². The molecule has 0 fully saturated rings. The monoisotopic (exact) mass is 239 g/mol. The fourth-order valence-corrected chi connectivity index (χ4v) is 2.04. The molecule has 0 bridgehead atoms. The molecule has 0 atom stereocenters. The molecule has 1 aromatic carbocycles. The lowest BCUT2D eigenvalue weighted by molar-refractivity contribution is 0.757. The van der Waals surface area contributed by atoms with Gasteiger partial charge in [0.1, 0.15) is 0 Å². The molecule has 0 N–H and O–H groups in total. The summed E-state index contributed by atoms with van der Waals surface area (Å²) in [5.74, 6) is 0. The van der Waals surface area contributed by atoms with Gasteiger partial charge in [0.2, 0.25) is 0 Å². The van der Waals surface area contributed by atoms with E-state index in [-0.39, 0.29) is 5.56 Å². The molecule has 3 aromatic rings. The van der Waals surface area contributed by atoms with Crippen molar-refractivity contribution in [3.63, 3.8) is 0 Å². The number of hydrogen-bond acceptors (Lipinski definition) is 2. The third-order valence-corrected chi connectivity index (χ3v) is 2.94. The Morgan fingerprint density at radius 1 is 1.17 bits per heavy atom. The van der Waals surface area contributed by atoms with Crippen LogP contribution in [0.2, 0.25) is 0 Å². The molecule has 0 saturated carbocycles. The third-order valence-electron chi connectivity index (χ3n) is 2.94. The molecule has 0 saturated heterocycles. The Labute approximate surface area is 104 Å². The van der Waals surface area contributed by atoms with Crippen molar-refractivity contribution < 1.29 is 0 Å². The molecule has 0 aliphatic heterocycles. The molecule has 0 aliphatic rings. The van der Waals surface area contributed by atoms with Crippen LogP contribution in [0.5, 0.6) is 0 Å². The zero-order valence-corrected chi connectivity index (χ0v) is 10.1. The van der Waals surface area contributed by atoms with Gasteiger partial charge in [-0.15, -0.1) is 0 Å². The largest absolute Gasteiger partial charge is 0.273 e. The Morgan fingerprint density at radius 2 is 1.94 bits per heavy atom. The van der Waals surface area contributed by atoms with Gasteiger partial charge >= 0.3 is 0 Å². The van der Waals surface area contributed by atoms with Crippen LogP contribution in [-0.2, 0) is 6.42 Å². The van der Waals surface area contributed by atoms with Crippen LogP contribution >= 0.6 is 0 Å². The first-order chi connectivity index (χ1) is 8.79. The number of hydrogen-bond donors (Lipinski definition) is 0. The van der Waals surface area contributed by atoms with Crippen molar-refractivity contribution in [1.29, 1.82) is 0 Å². The highest BCUT2D eigenvalue weighted by atomic mass is 16.1. The van der Waals surface area contributed by atoms with Crippen molar-refractivity contribution in [1.82, 2.24) is 14.2 Å². The predicted molar refractivity (Wildman–Crippen MR) is 70.2 cm³/mol. The van der Waals surface area contributed by atoms with Gasteiger partial charge in [-0.3, -0.25) is 9.48 Å². The Balaban J connectivity index is 2.30. The lowest BCUT2D eigenvalue weighted by atomic mass is 10.3. The topological polar surface area (TPSA) is 39.3 Å². The first kappa shape index (κ1) is 10.8. The number of nitrogens with zero attached hydrogens (tertiary/aromatic N) is 3. The molecule has 2 aromatic heterocycles. The Hall–Kier alpha value is -2.36. The highest BCUT2D eigenvalue weighted by molar-refractivity contribution is 5.41. The van der Waals surface area contributed by atoms with E-state index in [1.54, 1.807) is 10.6 Å². The van der Waals surface area contributed by atoms with Crippen LogP contribution in [-0.4, -0.2) is 14.2 Å². The summed E-state index contributed by atoms with van der Waals surface area (Å²) in [4.78, 5) is 16.6. The van der Waals surface area contributed by atoms with Crippen LogP contribution in [0.4, 0.5) is 0 Å². The summed E-state index contributed by atoms with van der Waals surface area (Å²) in [6.45, 7) is 1.99. The molecule has 3 rings (SSSR count). The van der Waals surface area contributed by atoms with Gasteiger partial charge in [0.15, 0.2) is 5.65 Å². The minimum atomic E-state index is -0.0503. The van der Waals surface area contributed by atoms with Crippen LogP contribution < -0.4 is 5.56 Å². The zero-order valence-electron chi connectivity index (χ0n) is 10.1. The average Bonchev–Trinajstić information content (AvgIpc) is 2.84. The van der Waals surface area contributed by atoms with Crippen molar-refractivity contribution in [2.24, 2.45) is 0 Å². The SMILES string of the molecule is CCc1cc(=O)n2c(ccn2-c2ccccc2)n1. The number of para-hydroxylation sites is 1. The second kappa shape index (κ2) is 4.14.